The van der Waals surface area contributed by atoms with E-state index in [9.17, 15) is 0 Å². The Hall–Kier alpha value is -2.47. The molecule has 1 N–H and O–H groups in total. The summed E-state index contributed by atoms with van der Waals surface area (Å²) in [6.45, 7) is 7.93. The van der Waals surface area contributed by atoms with Gasteiger partial charge in [0.2, 0.25) is 5.96 Å². The Bertz CT molecular complexity index is 798. The van der Waals surface area contributed by atoms with Gasteiger partial charge in [-0.3, -0.25) is 0 Å². The lowest BCUT2D eigenvalue weighted by Gasteiger charge is -2.13. The molecule has 2 aromatic rings. The van der Waals surface area contributed by atoms with Gasteiger partial charge in [0, 0.05) is 31.7 Å². The second-order valence-corrected chi connectivity index (χ2v) is 7.05. The highest BCUT2D eigenvalue weighted by molar-refractivity contribution is 7.13. The van der Waals surface area contributed by atoms with E-state index >= 15 is 0 Å². The molecule has 0 saturated carbocycles. The Morgan fingerprint density at radius 1 is 1.20 bits per heavy atom. The van der Waals surface area contributed by atoms with E-state index in [0.29, 0.717) is 5.96 Å². The van der Waals surface area contributed by atoms with Crippen LogP contribution < -0.4 is 10.2 Å². The number of benzene rings is 1. The summed E-state index contributed by atoms with van der Waals surface area (Å²) in [5.74, 6) is 0.554. The average molecular weight is 356 g/mol. The third-order valence-corrected chi connectivity index (χ3v) is 4.67. The summed E-state index contributed by atoms with van der Waals surface area (Å²) in [6, 6.07) is 8.16. The minimum atomic E-state index is 0.554. The largest absolute Gasteiger partial charge is 0.378 e. The van der Waals surface area contributed by atoms with Crippen molar-refractivity contribution in [2.45, 2.75) is 27.7 Å². The fourth-order valence-corrected chi connectivity index (χ4v) is 3.15. The molecule has 0 amide bonds. The summed E-state index contributed by atoms with van der Waals surface area (Å²) < 4.78 is 0. The van der Waals surface area contributed by atoms with Gasteiger partial charge in [0.1, 0.15) is 0 Å². The number of aryl methyl sites for hydroxylation is 2. The highest BCUT2D eigenvalue weighted by atomic mass is 32.1. The van der Waals surface area contributed by atoms with E-state index in [-0.39, 0.29) is 0 Å². The fraction of sp³-hybridized carbons (Fsp3) is 0.316. The van der Waals surface area contributed by atoms with Gasteiger partial charge in [0.05, 0.1) is 21.3 Å². The number of nitrogens with one attached hydrogen (secondary N) is 1. The first-order valence-electron chi connectivity index (χ1n) is 8.13. The number of aliphatic imine (C=N–C) groups is 2. The molecule has 0 radical (unpaired) electrons. The molecule has 6 heteroatoms. The van der Waals surface area contributed by atoms with Crippen LogP contribution in [0.15, 0.2) is 46.5 Å². The maximum atomic E-state index is 4.68. The molecule has 1 heterocycles. The van der Waals surface area contributed by atoms with E-state index in [1.165, 1.54) is 0 Å². The van der Waals surface area contributed by atoms with Crippen LogP contribution in [0.25, 0.3) is 0 Å². The van der Waals surface area contributed by atoms with E-state index < -0.39 is 0 Å². The maximum absolute atomic E-state index is 4.68. The van der Waals surface area contributed by atoms with Crippen molar-refractivity contribution in [3.8, 4) is 0 Å². The fourth-order valence-electron chi connectivity index (χ4n) is 2.28. The molecule has 0 aliphatic heterocycles. The molecule has 5 nitrogen and oxygen atoms in total. The molecule has 0 spiro atoms. The molecule has 2 rings (SSSR count). The predicted molar refractivity (Wildman–Crippen MR) is 110 cm³/mol. The number of anilines is 2. The first-order valence-corrected chi connectivity index (χ1v) is 8.95. The van der Waals surface area contributed by atoms with Crippen LogP contribution in [-0.4, -0.2) is 30.8 Å². The van der Waals surface area contributed by atoms with Crippen molar-refractivity contribution in [2.75, 3.05) is 24.3 Å². The Balaban J connectivity index is 2.27. The SMILES string of the molecule is C\C=C/N=C(\N=C(/C)c1sc(C)nc1C)Nc1ccc(N(C)C)cc1. The number of hydrogen-bond acceptors (Lipinski definition) is 4. The standard InChI is InChI=1S/C19H25N5S/c1-7-12-20-19(22-14(3)18-13(2)21-15(4)25-18)23-16-8-10-17(11-9-16)24(5)6/h7-12H,1-6H3,(H,20,23)/b12-7-,22-14+. The zero-order valence-corrected chi connectivity index (χ0v) is 16.5. The van der Waals surface area contributed by atoms with Gasteiger partial charge in [-0.15, -0.1) is 11.3 Å². The van der Waals surface area contributed by atoms with E-state index in [2.05, 4.69) is 37.3 Å². The molecule has 0 fully saturated rings. The van der Waals surface area contributed by atoms with Crippen LogP contribution in [0.2, 0.25) is 0 Å². The summed E-state index contributed by atoms with van der Waals surface area (Å²) in [4.78, 5) is 16.7. The van der Waals surface area contributed by atoms with E-state index in [0.717, 1.165) is 32.7 Å². The zero-order chi connectivity index (χ0) is 18.4. The smallest absolute Gasteiger partial charge is 0.227 e. The van der Waals surface area contributed by atoms with Crippen LogP contribution in [0, 0.1) is 13.8 Å². The van der Waals surface area contributed by atoms with Crippen molar-refractivity contribution in [2.24, 2.45) is 9.98 Å². The number of rotatable bonds is 4. The summed E-state index contributed by atoms with van der Waals surface area (Å²) in [6.07, 6.45) is 3.61. The van der Waals surface area contributed by atoms with E-state index in [1.807, 2.05) is 60.0 Å². The number of nitrogens with zero attached hydrogens (tertiary/aromatic N) is 4. The molecule has 0 aliphatic carbocycles. The summed E-state index contributed by atoms with van der Waals surface area (Å²) >= 11 is 1.65. The number of guanidine groups is 1. The van der Waals surface area contributed by atoms with Crippen LogP contribution in [0.4, 0.5) is 11.4 Å². The molecule has 0 atom stereocenters. The van der Waals surface area contributed by atoms with Gasteiger partial charge in [0.25, 0.3) is 0 Å². The van der Waals surface area contributed by atoms with Gasteiger partial charge in [-0.1, -0.05) is 6.08 Å². The Kier molecular flexibility index (Phi) is 6.47. The third kappa shape index (κ3) is 5.26. The Morgan fingerprint density at radius 3 is 2.40 bits per heavy atom. The van der Waals surface area contributed by atoms with Gasteiger partial charge >= 0.3 is 0 Å². The van der Waals surface area contributed by atoms with Crippen molar-refractivity contribution in [3.05, 3.63) is 52.1 Å². The molecular weight excluding hydrogens is 330 g/mol. The summed E-state index contributed by atoms with van der Waals surface area (Å²) in [5.41, 5.74) is 4.00. The lowest BCUT2D eigenvalue weighted by atomic mass is 10.2. The van der Waals surface area contributed by atoms with Crippen LogP contribution in [0.1, 0.15) is 29.4 Å². The number of thiazole rings is 1. The van der Waals surface area contributed by atoms with Gasteiger partial charge in [-0.2, -0.15) is 0 Å². The third-order valence-electron chi connectivity index (χ3n) is 3.49. The Morgan fingerprint density at radius 2 is 1.88 bits per heavy atom. The van der Waals surface area contributed by atoms with E-state index in [4.69, 9.17) is 0 Å². The van der Waals surface area contributed by atoms with Gasteiger partial charge in [-0.25, -0.2) is 15.0 Å². The first-order chi connectivity index (χ1) is 11.9. The number of hydrogen-bond donors (Lipinski definition) is 1. The molecule has 0 saturated heterocycles. The number of aromatic nitrogens is 1. The highest BCUT2D eigenvalue weighted by Gasteiger charge is 2.09. The van der Waals surface area contributed by atoms with Gasteiger partial charge in [0.15, 0.2) is 0 Å². The highest BCUT2D eigenvalue weighted by Crippen LogP contribution is 2.19. The molecule has 1 aromatic carbocycles. The van der Waals surface area contributed by atoms with Crippen LogP contribution in [-0.2, 0) is 0 Å². The van der Waals surface area contributed by atoms with Crippen LogP contribution in [0.5, 0.6) is 0 Å². The van der Waals surface area contributed by atoms with E-state index in [1.54, 1.807) is 17.5 Å². The molecule has 1 aromatic heterocycles. The average Bonchev–Trinajstić information content (AvgIpc) is 2.91. The first kappa shape index (κ1) is 18.9. The second kappa shape index (κ2) is 8.58. The molecule has 0 aliphatic rings. The maximum Gasteiger partial charge on any atom is 0.227 e. The number of allylic oxidation sites excluding steroid dienone is 1. The minimum Gasteiger partial charge on any atom is -0.378 e. The van der Waals surface area contributed by atoms with Crippen molar-refractivity contribution >= 4 is 34.4 Å². The van der Waals surface area contributed by atoms with Gasteiger partial charge < -0.3 is 10.2 Å². The van der Waals surface area contributed by atoms with Crippen LogP contribution in [0.3, 0.4) is 0 Å². The van der Waals surface area contributed by atoms with Crippen LogP contribution >= 0.6 is 11.3 Å². The molecule has 0 unspecified atom stereocenters. The molecule has 25 heavy (non-hydrogen) atoms. The second-order valence-electron chi connectivity index (χ2n) is 5.85. The molecular formula is C19H25N5S. The van der Waals surface area contributed by atoms with Crippen molar-refractivity contribution < 1.29 is 0 Å². The Labute approximate surface area is 153 Å². The van der Waals surface area contributed by atoms with Gasteiger partial charge in [-0.05, 0) is 52.0 Å². The lowest BCUT2D eigenvalue weighted by molar-refractivity contribution is 1.13. The molecule has 132 valence electrons. The zero-order valence-electron chi connectivity index (χ0n) is 15.7. The van der Waals surface area contributed by atoms with Crippen molar-refractivity contribution in [1.82, 2.24) is 4.98 Å². The minimum absolute atomic E-state index is 0.554. The predicted octanol–water partition coefficient (Wildman–Crippen LogP) is 4.64. The summed E-state index contributed by atoms with van der Waals surface area (Å²) in [5, 5.41) is 4.33. The van der Waals surface area contributed by atoms with Crippen molar-refractivity contribution in [1.29, 1.82) is 0 Å². The normalized spacial score (nSPS) is 12.7. The monoisotopic (exact) mass is 355 g/mol. The summed E-state index contributed by atoms with van der Waals surface area (Å²) in [7, 11) is 4.04. The quantitative estimate of drug-likeness (QED) is 0.642. The lowest BCUT2D eigenvalue weighted by Crippen LogP contribution is -2.12. The molecule has 0 bridgehead atoms. The topological polar surface area (TPSA) is 52.9 Å². The van der Waals surface area contributed by atoms with Crippen molar-refractivity contribution in [3.63, 3.8) is 0 Å².